The van der Waals surface area contributed by atoms with Gasteiger partial charge in [0.05, 0.1) is 11.1 Å². The summed E-state index contributed by atoms with van der Waals surface area (Å²) in [5.74, 6) is 0.172. The molecule has 132 valence electrons. The van der Waals surface area contributed by atoms with Gasteiger partial charge >= 0.3 is 0 Å². The zero-order valence-corrected chi connectivity index (χ0v) is 14.9. The van der Waals surface area contributed by atoms with E-state index in [0.717, 1.165) is 16.3 Å². The van der Waals surface area contributed by atoms with Crippen LogP contribution in [-0.2, 0) is 9.84 Å². The highest BCUT2D eigenvalue weighted by molar-refractivity contribution is 7.90. The summed E-state index contributed by atoms with van der Waals surface area (Å²) in [6, 6.07) is 11.2. The Kier molecular flexibility index (Phi) is 3.69. The molecule has 0 saturated carbocycles. The number of halogens is 1. The lowest BCUT2D eigenvalue weighted by Gasteiger charge is -2.09. The van der Waals surface area contributed by atoms with Crippen LogP contribution in [0.4, 0.5) is 15.9 Å². The molecule has 0 aliphatic carbocycles. The molecule has 4 aromatic rings. The lowest BCUT2D eigenvalue weighted by Crippen LogP contribution is -2.00. The summed E-state index contributed by atoms with van der Waals surface area (Å²) in [6.45, 7) is 1.83. The van der Waals surface area contributed by atoms with Gasteiger partial charge in [0.2, 0.25) is 0 Å². The Morgan fingerprint density at radius 1 is 1.04 bits per heavy atom. The van der Waals surface area contributed by atoms with Crippen LogP contribution >= 0.6 is 0 Å². The number of rotatable bonds is 3. The SMILES string of the molecule is Cc1cc(Nc2cc3c(cn2)oc2cc(F)ccc23)cc(S(C)(=O)=O)c1. The molecule has 26 heavy (non-hydrogen) atoms. The zero-order valence-electron chi connectivity index (χ0n) is 14.1. The van der Waals surface area contributed by atoms with Gasteiger partial charge < -0.3 is 9.73 Å². The van der Waals surface area contributed by atoms with E-state index in [9.17, 15) is 12.8 Å². The average Bonchev–Trinajstić information content (AvgIpc) is 2.90. The second kappa shape index (κ2) is 5.81. The van der Waals surface area contributed by atoms with Gasteiger partial charge in [0, 0.05) is 28.8 Å². The van der Waals surface area contributed by atoms with Gasteiger partial charge in [0.25, 0.3) is 0 Å². The molecular formula is C19H15FN2O3S. The number of benzene rings is 2. The first kappa shape index (κ1) is 16.5. The maximum atomic E-state index is 13.4. The standard InChI is InChI=1S/C19H15FN2O3S/c1-11-5-13(8-14(6-11)26(2,23)24)22-19-9-16-15-4-3-12(20)7-17(15)25-18(16)10-21-19/h3-10H,1-2H3,(H,21,22). The van der Waals surface area contributed by atoms with Gasteiger partial charge in [0.1, 0.15) is 17.2 Å². The van der Waals surface area contributed by atoms with Crippen molar-refractivity contribution < 1.29 is 17.2 Å². The Hall–Kier alpha value is -2.93. The molecule has 0 spiro atoms. The maximum Gasteiger partial charge on any atom is 0.175 e. The molecule has 0 radical (unpaired) electrons. The highest BCUT2D eigenvalue weighted by atomic mass is 32.2. The van der Waals surface area contributed by atoms with Crippen molar-refractivity contribution >= 4 is 43.3 Å². The molecule has 4 rings (SSSR count). The molecule has 2 aromatic carbocycles. The van der Waals surface area contributed by atoms with Crippen molar-refractivity contribution in [3.05, 3.63) is 60.0 Å². The van der Waals surface area contributed by atoms with Crippen molar-refractivity contribution in [1.82, 2.24) is 4.98 Å². The Balaban J connectivity index is 1.78. The highest BCUT2D eigenvalue weighted by Gasteiger charge is 2.12. The number of nitrogens with zero attached hydrogens (tertiary/aromatic N) is 1. The molecule has 0 saturated heterocycles. The predicted octanol–water partition coefficient (Wildman–Crippen LogP) is 4.58. The minimum atomic E-state index is -3.31. The summed E-state index contributed by atoms with van der Waals surface area (Å²) >= 11 is 0. The first-order chi connectivity index (χ1) is 12.3. The monoisotopic (exact) mass is 370 g/mol. The summed E-state index contributed by atoms with van der Waals surface area (Å²) in [6.07, 6.45) is 2.73. The molecule has 0 bridgehead atoms. The van der Waals surface area contributed by atoms with Crippen LogP contribution in [0.25, 0.3) is 21.9 Å². The van der Waals surface area contributed by atoms with E-state index < -0.39 is 9.84 Å². The number of fused-ring (bicyclic) bond motifs is 3. The molecule has 1 N–H and O–H groups in total. The van der Waals surface area contributed by atoms with Crippen LogP contribution in [-0.4, -0.2) is 19.7 Å². The van der Waals surface area contributed by atoms with Crippen LogP contribution in [0.15, 0.2) is 58.0 Å². The Bertz CT molecular complexity index is 1260. The molecule has 0 aliphatic rings. The first-order valence-electron chi connectivity index (χ1n) is 7.86. The summed E-state index contributed by atoms with van der Waals surface area (Å²) < 4.78 is 42.6. The quantitative estimate of drug-likeness (QED) is 0.572. The molecule has 0 aliphatic heterocycles. The van der Waals surface area contributed by atoms with Gasteiger partial charge in [-0.2, -0.15) is 0 Å². The molecule has 0 fully saturated rings. The van der Waals surface area contributed by atoms with Crippen molar-refractivity contribution in [2.75, 3.05) is 11.6 Å². The lowest BCUT2D eigenvalue weighted by atomic mass is 10.2. The largest absolute Gasteiger partial charge is 0.454 e. The van der Waals surface area contributed by atoms with E-state index in [0.29, 0.717) is 22.7 Å². The van der Waals surface area contributed by atoms with E-state index in [4.69, 9.17) is 4.42 Å². The van der Waals surface area contributed by atoms with E-state index in [2.05, 4.69) is 10.3 Å². The number of aryl methyl sites for hydroxylation is 1. The highest BCUT2D eigenvalue weighted by Crippen LogP contribution is 2.31. The second-order valence-corrected chi connectivity index (χ2v) is 8.26. The van der Waals surface area contributed by atoms with Gasteiger partial charge in [0.15, 0.2) is 15.4 Å². The summed E-state index contributed by atoms with van der Waals surface area (Å²) in [4.78, 5) is 4.53. The van der Waals surface area contributed by atoms with Crippen molar-refractivity contribution in [2.45, 2.75) is 11.8 Å². The maximum absolute atomic E-state index is 13.4. The normalized spacial score (nSPS) is 12.0. The number of furan rings is 1. The zero-order chi connectivity index (χ0) is 18.5. The molecule has 2 aromatic heterocycles. The summed E-state index contributed by atoms with van der Waals surface area (Å²) in [7, 11) is -3.31. The van der Waals surface area contributed by atoms with E-state index in [-0.39, 0.29) is 10.7 Å². The van der Waals surface area contributed by atoms with Gasteiger partial charge in [-0.1, -0.05) is 0 Å². The molecule has 0 amide bonds. The number of hydrogen-bond donors (Lipinski definition) is 1. The minimum absolute atomic E-state index is 0.241. The van der Waals surface area contributed by atoms with Gasteiger partial charge in [-0.3, -0.25) is 0 Å². The number of anilines is 2. The van der Waals surface area contributed by atoms with Crippen LogP contribution in [0.3, 0.4) is 0 Å². The number of nitrogens with one attached hydrogen (secondary N) is 1. The molecule has 5 nitrogen and oxygen atoms in total. The van der Waals surface area contributed by atoms with Crippen LogP contribution in [0.1, 0.15) is 5.56 Å². The van der Waals surface area contributed by atoms with Gasteiger partial charge in [-0.05, 0) is 48.9 Å². The average molecular weight is 370 g/mol. The minimum Gasteiger partial charge on any atom is -0.454 e. The number of pyridine rings is 1. The number of hydrogen-bond acceptors (Lipinski definition) is 5. The Morgan fingerprint density at radius 3 is 2.62 bits per heavy atom. The van der Waals surface area contributed by atoms with E-state index in [1.165, 1.54) is 18.4 Å². The van der Waals surface area contributed by atoms with Crippen molar-refractivity contribution in [3.63, 3.8) is 0 Å². The van der Waals surface area contributed by atoms with Gasteiger partial charge in [-0.25, -0.2) is 17.8 Å². The molecule has 7 heteroatoms. The fourth-order valence-corrected chi connectivity index (χ4v) is 3.65. The van der Waals surface area contributed by atoms with Crippen LogP contribution in [0.2, 0.25) is 0 Å². The Morgan fingerprint density at radius 2 is 1.85 bits per heavy atom. The summed E-state index contributed by atoms with van der Waals surface area (Å²) in [5, 5.41) is 4.71. The first-order valence-corrected chi connectivity index (χ1v) is 9.75. The topological polar surface area (TPSA) is 72.2 Å². The molecular weight excluding hydrogens is 355 g/mol. The Labute approximate surface area is 149 Å². The molecule has 0 atom stereocenters. The third kappa shape index (κ3) is 3.01. The molecule has 0 unspecified atom stereocenters. The van der Waals surface area contributed by atoms with E-state index in [1.807, 2.05) is 13.0 Å². The van der Waals surface area contributed by atoms with Crippen molar-refractivity contribution in [2.24, 2.45) is 0 Å². The van der Waals surface area contributed by atoms with Crippen LogP contribution in [0.5, 0.6) is 0 Å². The van der Waals surface area contributed by atoms with E-state index in [1.54, 1.807) is 30.5 Å². The number of sulfone groups is 1. The van der Waals surface area contributed by atoms with Crippen LogP contribution in [0, 0.1) is 12.7 Å². The fourth-order valence-electron chi connectivity index (χ4n) is 2.91. The third-order valence-electron chi connectivity index (χ3n) is 4.07. The number of aromatic nitrogens is 1. The van der Waals surface area contributed by atoms with Crippen LogP contribution < -0.4 is 5.32 Å². The van der Waals surface area contributed by atoms with Gasteiger partial charge in [-0.15, -0.1) is 0 Å². The summed E-state index contributed by atoms with van der Waals surface area (Å²) in [5.41, 5.74) is 2.45. The van der Waals surface area contributed by atoms with E-state index >= 15 is 0 Å². The van der Waals surface area contributed by atoms with Crippen molar-refractivity contribution in [3.8, 4) is 0 Å². The second-order valence-electron chi connectivity index (χ2n) is 6.24. The predicted molar refractivity (Wildman–Crippen MR) is 99.0 cm³/mol. The lowest BCUT2D eigenvalue weighted by molar-refractivity contribution is 0.601. The van der Waals surface area contributed by atoms with Crippen molar-refractivity contribution in [1.29, 1.82) is 0 Å². The fraction of sp³-hybridized carbons (Fsp3) is 0.105. The smallest absolute Gasteiger partial charge is 0.175 e. The molecule has 2 heterocycles. The third-order valence-corrected chi connectivity index (χ3v) is 5.16.